The zero-order chi connectivity index (χ0) is 27.4. The normalized spacial score (nSPS) is 20.1. The molecule has 2 heterocycles. The Morgan fingerprint density at radius 1 is 1.07 bits per heavy atom. The molecule has 2 aliphatic heterocycles. The number of carbonyl (C=O) groups is 1. The number of amides is 1. The van der Waals surface area contributed by atoms with E-state index in [1.807, 2.05) is 29.2 Å². The Balaban J connectivity index is 0.00000370. The van der Waals surface area contributed by atoms with Crippen molar-refractivity contribution in [2.45, 2.75) is 49.3 Å². The smallest absolute Gasteiger partial charge is 0.224 e. The maximum Gasteiger partial charge on any atom is 0.224 e. The summed E-state index contributed by atoms with van der Waals surface area (Å²) in [6, 6.07) is 21.0. The molecular formula is C30H35Cl2N3O4S. The molecule has 0 spiro atoms. The topological polar surface area (TPSA) is 82.1 Å². The van der Waals surface area contributed by atoms with Gasteiger partial charge in [0.05, 0.1) is 22.7 Å². The van der Waals surface area contributed by atoms with E-state index in [1.165, 1.54) is 15.4 Å². The Morgan fingerprint density at radius 2 is 1.82 bits per heavy atom. The highest BCUT2D eigenvalue weighted by atomic mass is 35.5. The third-order valence-corrected chi connectivity index (χ3v) is 9.60. The lowest BCUT2D eigenvalue weighted by Gasteiger charge is -2.29. The second-order valence-corrected chi connectivity index (χ2v) is 11.7. The lowest BCUT2D eigenvalue weighted by molar-refractivity contribution is -0.132. The number of hydrogen-bond acceptors (Lipinski definition) is 5. The third kappa shape index (κ3) is 6.64. The van der Waals surface area contributed by atoms with Gasteiger partial charge in [0.15, 0.2) is 11.0 Å². The molecule has 0 saturated heterocycles. The minimum absolute atomic E-state index is 0. The first-order valence-corrected chi connectivity index (χ1v) is 14.8. The van der Waals surface area contributed by atoms with Crippen LogP contribution in [0.4, 0.5) is 5.69 Å². The monoisotopic (exact) mass is 603 g/mol. The van der Waals surface area contributed by atoms with Crippen molar-refractivity contribution in [1.82, 2.24) is 10.2 Å². The molecule has 0 saturated carbocycles. The van der Waals surface area contributed by atoms with Gasteiger partial charge in [0.1, 0.15) is 12.0 Å². The van der Waals surface area contributed by atoms with Gasteiger partial charge in [0.25, 0.3) is 0 Å². The molecule has 1 amide bonds. The summed E-state index contributed by atoms with van der Waals surface area (Å²) >= 11 is 6.57. The van der Waals surface area contributed by atoms with Gasteiger partial charge in [-0.05, 0) is 78.7 Å². The lowest BCUT2D eigenvalue weighted by Crippen LogP contribution is -2.37. The molecule has 214 valence electrons. The molecule has 3 aromatic rings. The molecule has 3 atom stereocenters. The van der Waals surface area contributed by atoms with E-state index in [0.717, 1.165) is 18.5 Å². The molecule has 0 bridgehead atoms. The third-order valence-electron chi connectivity index (χ3n) is 7.55. The SMILES string of the molecule is COc1ccc(N2[C@@H](O)CC(CCNCCC(=O)N3CCc4ccccc4C3)c3cccc(Cl)c3S2=O)cc1.Cl. The zero-order valence-electron chi connectivity index (χ0n) is 22.4. The zero-order valence-corrected chi connectivity index (χ0v) is 24.8. The maximum absolute atomic E-state index is 13.8. The van der Waals surface area contributed by atoms with E-state index in [1.54, 1.807) is 37.4 Å². The first-order chi connectivity index (χ1) is 19.0. The molecule has 2 aliphatic rings. The van der Waals surface area contributed by atoms with Gasteiger partial charge in [0.2, 0.25) is 5.91 Å². The van der Waals surface area contributed by atoms with Crippen molar-refractivity contribution in [3.8, 4) is 5.75 Å². The van der Waals surface area contributed by atoms with Gasteiger partial charge in [0, 0.05) is 26.1 Å². The highest BCUT2D eigenvalue weighted by Crippen LogP contribution is 2.40. The summed E-state index contributed by atoms with van der Waals surface area (Å²) in [4.78, 5) is 15.3. The Morgan fingerprint density at radius 3 is 2.58 bits per heavy atom. The van der Waals surface area contributed by atoms with E-state index in [0.29, 0.717) is 60.3 Å². The van der Waals surface area contributed by atoms with Gasteiger partial charge in [-0.15, -0.1) is 12.4 Å². The molecule has 5 rings (SSSR count). The lowest BCUT2D eigenvalue weighted by atomic mass is 9.91. The highest BCUT2D eigenvalue weighted by Gasteiger charge is 2.35. The summed E-state index contributed by atoms with van der Waals surface area (Å²) < 4.78 is 20.5. The minimum Gasteiger partial charge on any atom is -0.497 e. The Bertz CT molecular complexity index is 1340. The van der Waals surface area contributed by atoms with Crippen molar-refractivity contribution >= 4 is 46.6 Å². The van der Waals surface area contributed by atoms with Gasteiger partial charge in [-0.3, -0.25) is 9.10 Å². The number of aliphatic hydroxyl groups is 1. The van der Waals surface area contributed by atoms with Crippen LogP contribution in [0.5, 0.6) is 5.75 Å². The van der Waals surface area contributed by atoms with Gasteiger partial charge in [-0.1, -0.05) is 48.0 Å². The Labute approximate surface area is 249 Å². The number of nitrogens with one attached hydrogen (secondary N) is 1. The molecule has 7 nitrogen and oxygen atoms in total. The number of rotatable bonds is 8. The average molecular weight is 605 g/mol. The number of hydrogen-bond donors (Lipinski definition) is 2. The van der Waals surface area contributed by atoms with Crippen LogP contribution >= 0.6 is 24.0 Å². The summed E-state index contributed by atoms with van der Waals surface area (Å²) in [6.45, 7) is 2.68. The minimum atomic E-state index is -1.69. The van der Waals surface area contributed by atoms with E-state index in [-0.39, 0.29) is 24.2 Å². The first kappa shape index (κ1) is 30.3. The van der Waals surface area contributed by atoms with Crippen LogP contribution in [0, 0.1) is 0 Å². The van der Waals surface area contributed by atoms with Crippen molar-refractivity contribution in [1.29, 1.82) is 0 Å². The van der Waals surface area contributed by atoms with Crippen LogP contribution in [-0.4, -0.2) is 53.1 Å². The van der Waals surface area contributed by atoms with Crippen LogP contribution in [0.15, 0.2) is 71.6 Å². The van der Waals surface area contributed by atoms with Gasteiger partial charge >= 0.3 is 0 Å². The van der Waals surface area contributed by atoms with E-state index >= 15 is 0 Å². The van der Waals surface area contributed by atoms with Crippen LogP contribution in [0.2, 0.25) is 5.02 Å². The van der Waals surface area contributed by atoms with Crippen molar-refractivity contribution in [2.75, 3.05) is 31.0 Å². The number of methoxy groups -OCH3 is 1. The highest BCUT2D eigenvalue weighted by molar-refractivity contribution is 7.86. The second-order valence-electron chi connectivity index (χ2n) is 9.97. The van der Waals surface area contributed by atoms with Gasteiger partial charge < -0.3 is 20.1 Å². The van der Waals surface area contributed by atoms with Crippen LogP contribution in [0.3, 0.4) is 0 Å². The maximum atomic E-state index is 13.8. The summed E-state index contributed by atoms with van der Waals surface area (Å²) in [5.41, 5.74) is 4.08. The number of halogens is 2. The fourth-order valence-electron chi connectivity index (χ4n) is 5.45. The quantitative estimate of drug-likeness (QED) is 0.352. The molecule has 0 fully saturated rings. The standard InChI is InChI=1S/C30H34ClN3O4S.ClH/c1-38-25-11-9-24(10-12-25)34-29(36)19-22(26-7-4-8-27(31)30(26)39(34)37)13-16-32-17-14-28(35)33-18-15-21-5-2-3-6-23(21)20-33;/h2-12,22,29,32,36H,13-20H2,1H3;1H/t22?,29-,39?;/m0./s1. The number of aliphatic hydroxyl groups excluding tert-OH is 1. The van der Waals surface area contributed by atoms with Crippen LogP contribution < -0.4 is 14.4 Å². The van der Waals surface area contributed by atoms with E-state index in [9.17, 15) is 14.1 Å². The fourth-order valence-corrected chi connectivity index (χ4v) is 7.32. The van der Waals surface area contributed by atoms with E-state index in [2.05, 4.69) is 17.4 Å². The number of nitrogens with zero attached hydrogens (tertiary/aromatic N) is 2. The van der Waals surface area contributed by atoms with Crippen molar-refractivity contribution in [3.63, 3.8) is 0 Å². The number of anilines is 1. The molecule has 0 aliphatic carbocycles. The van der Waals surface area contributed by atoms with Crippen molar-refractivity contribution < 1.29 is 18.8 Å². The number of benzene rings is 3. The summed E-state index contributed by atoms with van der Waals surface area (Å²) in [5.74, 6) is 0.784. The first-order valence-electron chi connectivity index (χ1n) is 13.3. The molecule has 2 unspecified atom stereocenters. The predicted molar refractivity (Wildman–Crippen MR) is 162 cm³/mol. The summed E-state index contributed by atoms with van der Waals surface area (Å²) in [6.07, 6.45) is 1.49. The Hall–Kier alpha value is -2.62. The summed E-state index contributed by atoms with van der Waals surface area (Å²) in [5, 5.41) is 15.0. The van der Waals surface area contributed by atoms with E-state index < -0.39 is 17.2 Å². The molecule has 0 aromatic heterocycles. The number of carbonyl (C=O) groups excluding carboxylic acids is 1. The van der Waals surface area contributed by atoms with Gasteiger partial charge in [-0.2, -0.15) is 0 Å². The predicted octanol–water partition coefficient (Wildman–Crippen LogP) is 5.06. The second kappa shape index (κ2) is 13.8. The molecule has 40 heavy (non-hydrogen) atoms. The number of ether oxygens (including phenoxy) is 1. The Kier molecular flexibility index (Phi) is 10.5. The largest absolute Gasteiger partial charge is 0.497 e. The molecule has 0 radical (unpaired) electrons. The van der Waals surface area contributed by atoms with Crippen molar-refractivity contribution in [2.24, 2.45) is 0 Å². The molecule has 2 N–H and O–H groups in total. The molecular weight excluding hydrogens is 569 g/mol. The van der Waals surface area contributed by atoms with E-state index in [4.69, 9.17) is 16.3 Å². The average Bonchev–Trinajstić information content (AvgIpc) is 3.06. The van der Waals surface area contributed by atoms with Gasteiger partial charge in [-0.25, -0.2) is 4.21 Å². The molecule has 10 heteroatoms. The fraction of sp³-hybridized carbons (Fsp3) is 0.367. The van der Waals surface area contributed by atoms with Crippen molar-refractivity contribution in [3.05, 3.63) is 88.4 Å². The van der Waals surface area contributed by atoms with Crippen LogP contribution in [0.1, 0.15) is 41.9 Å². The van der Waals surface area contributed by atoms with Crippen LogP contribution in [0.25, 0.3) is 0 Å². The summed E-state index contributed by atoms with van der Waals surface area (Å²) in [7, 11) is -0.0975. The molecule has 3 aromatic carbocycles. The number of fused-ring (bicyclic) bond motifs is 2. The van der Waals surface area contributed by atoms with Crippen LogP contribution in [-0.2, 0) is 28.7 Å².